The van der Waals surface area contributed by atoms with Crippen LogP contribution in [-0.2, 0) is 36.3 Å². The van der Waals surface area contributed by atoms with E-state index in [2.05, 4.69) is 0 Å². The summed E-state index contributed by atoms with van der Waals surface area (Å²) in [5.74, 6) is -0.336. The molecular formula is C19H27ClO5. The highest BCUT2D eigenvalue weighted by Crippen LogP contribution is 2.21. The zero-order chi connectivity index (χ0) is 18.7. The Labute approximate surface area is 154 Å². The minimum atomic E-state index is -1.03. The number of alkyl halides is 1. The first-order valence-corrected chi connectivity index (χ1v) is 9.03. The lowest BCUT2D eigenvalue weighted by Gasteiger charge is -2.26. The quantitative estimate of drug-likeness (QED) is 0.437. The number of hydrogen-bond acceptors (Lipinski definition) is 5. The molecule has 5 nitrogen and oxygen atoms in total. The average Bonchev–Trinajstić information content (AvgIpc) is 2.63. The maximum Gasteiger partial charge on any atom is 0.317 e. The summed E-state index contributed by atoms with van der Waals surface area (Å²) in [7, 11) is 0. The van der Waals surface area contributed by atoms with Gasteiger partial charge in [-0.25, -0.2) is 0 Å². The zero-order valence-electron chi connectivity index (χ0n) is 15.2. The Kier molecular flexibility index (Phi) is 9.53. The molecule has 1 rings (SSSR count). The predicted octanol–water partition coefficient (Wildman–Crippen LogP) is 3.85. The van der Waals surface area contributed by atoms with Gasteiger partial charge >= 0.3 is 11.9 Å². The van der Waals surface area contributed by atoms with Crippen LogP contribution in [0.5, 0.6) is 0 Å². The molecule has 0 N–H and O–H groups in total. The largest absolute Gasteiger partial charge is 0.464 e. The molecule has 0 saturated heterocycles. The fraction of sp³-hybridized carbons (Fsp3) is 0.579. The van der Waals surface area contributed by atoms with Gasteiger partial charge in [0, 0.05) is 18.9 Å². The SMILES string of the molecule is CCCC(=O)OCC(C)(COCC)C(=O)OCc1ccc(CCl)cc1. The van der Waals surface area contributed by atoms with E-state index in [1.807, 2.05) is 38.1 Å². The molecule has 0 heterocycles. The van der Waals surface area contributed by atoms with E-state index in [9.17, 15) is 9.59 Å². The topological polar surface area (TPSA) is 61.8 Å². The third kappa shape index (κ3) is 7.45. The molecule has 1 aromatic carbocycles. The van der Waals surface area contributed by atoms with Gasteiger partial charge in [0.25, 0.3) is 0 Å². The van der Waals surface area contributed by atoms with Crippen molar-refractivity contribution in [3.05, 3.63) is 35.4 Å². The smallest absolute Gasteiger partial charge is 0.317 e. The van der Waals surface area contributed by atoms with Crippen LogP contribution in [0.1, 0.15) is 44.7 Å². The molecule has 1 unspecified atom stereocenters. The maximum absolute atomic E-state index is 12.5. The average molecular weight is 371 g/mol. The van der Waals surface area contributed by atoms with Gasteiger partial charge in [-0.3, -0.25) is 9.59 Å². The second kappa shape index (κ2) is 11.1. The Morgan fingerprint density at radius 3 is 2.24 bits per heavy atom. The van der Waals surface area contributed by atoms with E-state index in [1.165, 1.54) is 0 Å². The molecule has 6 heteroatoms. The molecule has 0 aliphatic rings. The molecule has 0 bridgehead atoms. The summed E-state index contributed by atoms with van der Waals surface area (Å²) >= 11 is 5.76. The molecule has 1 atom stereocenters. The Hall–Kier alpha value is -1.59. The minimum Gasteiger partial charge on any atom is -0.464 e. The van der Waals surface area contributed by atoms with Gasteiger partial charge in [-0.2, -0.15) is 0 Å². The first-order valence-electron chi connectivity index (χ1n) is 8.49. The van der Waals surface area contributed by atoms with Crippen molar-refractivity contribution in [1.29, 1.82) is 0 Å². The lowest BCUT2D eigenvalue weighted by molar-refractivity contribution is -0.168. The summed E-state index contributed by atoms with van der Waals surface area (Å²) in [6, 6.07) is 7.52. The van der Waals surface area contributed by atoms with Gasteiger partial charge < -0.3 is 14.2 Å². The molecule has 1 aromatic rings. The van der Waals surface area contributed by atoms with Gasteiger partial charge in [-0.05, 0) is 31.4 Å². The number of hydrogen-bond donors (Lipinski definition) is 0. The first-order chi connectivity index (χ1) is 11.9. The summed E-state index contributed by atoms with van der Waals surface area (Å²) in [5, 5.41) is 0. The minimum absolute atomic E-state index is 0.0597. The summed E-state index contributed by atoms with van der Waals surface area (Å²) < 4.78 is 16.0. The van der Waals surface area contributed by atoms with Crippen LogP contribution in [-0.4, -0.2) is 31.8 Å². The summed E-state index contributed by atoms with van der Waals surface area (Å²) in [6.07, 6.45) is 1.02. The van der Waals surface area contributed by atoms with E-state index in [0.29, 0.717) is 25.3 Å². The Balaban J connectivity index is 2.65. The van der Waals surface area contributed by atoms with Crippen molar-refractivity contribution in [2.75, 3.05) is 19.8 Å². The van der Waals surface area contributed by atoms with Crippen molar-refractivity contribution in [2.24, 2.45) is 5.41 Å². The van der Waals surface area contributed by atoms with Crippen LogP contribution >= 0.6 is 11.6 Å². The fourth-order valence-electron chi connectivity index (χ4n) is 2.05. The lowest BCUT2D eigenvalue weighted by Crippen LogP contribution is -2.39. The van der Waals surface area contributed by atoms with Crippen LogP contribution in [0.4, 0.5) is 0 Å². The van der Waals surface area contributed by atoms with E-state index in [1.54, 1.807) is 6.92 Å². The molecule has 25 heavy (non-hydrogen) atoms. The number of rotatable bonds is 11. The molecule has 0 fully saturated rings. The highest BCUT2D eigenvalue weighted by molar-refractivity contribution is 6.17. The van der Waals surface area contributed by atoms with E-state index in [4.69, 9.17) is 25.8 Å². The molecule has 0 aliphatic carbocycles. The van der Waals surface area contributed by atoms with Gasteiger partial charge in [-0.15, -0.1) is 11.6 Å². The van der Waals surface area contributed by atoms with Crippen LogP contribution in [0.3, 0.4) is 0 Å². The molecule has 0 aromatic heterocycles. The molecule has 0 amide bonds. The van der Waals surface area contributed by atoms with Crippen molar-refractivity contribution in [2.45, 2.75) is 46.1 Å². The second-order valence-electron chi connectivity index (χ2n) is 6.13. The van der Waals surface area contributed by atoms with Crippen molar-refractivity contribution >= 4 is 23.5 Å². The van der Waals surface area contributed by atoms with Gasteiger partial charge in [0.15, 0.2) is 0 Å². The van der Waals surface area contributed by atoms with Crippen molar-refractivity contribution in [3.63, 3.8) is 0 Å². The molecular weight excluding hydrogens is 344 g/mol. The monoisotopic (exact) mass is 370 g/mol. The summed E-state index contributed by atoms with van der Waals surface area (Å²) in [5.41, 5.74) is 0.833. The normalized spacial score (nSPS) is 13.1. The van der Waals surface area contributed by atoms with Crippen LogP contribution in [0.15, 0.2) is 24.3 Å². The lowest BCUT2D eigenvalue weighted by atomic mass is 9.93. The number of ether oxygens (including phenoxy) is 3. The number of carbonyl (C=O) groups excluding carboxylic acids is 2. The molecule has 0 radical (unpaired) electrons. The highest BCUT2D eigenvalue weighted by Gasteiger charge is 2.37. The third-order valence-corrected chi connectivity index (χ3v) is 3.98. The number of benzene rings is 1. The Morgan fingerprint density at radius 2 is 1.68 bits per heavy atom. The molecule has 0 spiro atoms. The van der Waals surface area contributed by atoms with E-state index in [-0.39, 0.29) is 25.8 Å². The van der Waals surface area contributed by atoms with Gasteiger partial charge in [-0.1, -0.05) is 31.2 Å². The number of esters is 2. The highest BCUT2D eigenvalue weighted by atomic mass is 35.5. The van der Waals surface area contributed by atoms with Crippen molar-refractivity contribution in [3.8, 4) is 0 Å². The third-order valence-electron chi connectivity index (χ3n) is 3.67. The molecule has 140 valence electrons. The number of carbonyl (C=O) groups is 2. The summed E-state index contributed by atoms with van der Waals surface area (Å²) in [4.78, 5) is 24.1. The first kappa shape index (κ1) is 21.5. The predicted molar refractivity (Wildman–Crippen MR) is 96.3 cm³/mol. The fourth-order valence-corrected chi connectivity index (χ4v) is 2.23. The van der Waals surface area contributed by atoms with E-state index < -0.39 is 11.4 Å². The Morgan fingerprint density at radius 1 is 1.04 bits per heavy atom. The maximum atomic E-state index is 12.5. The standard InChI is InChI=1S/C19H27ClO5/c1-4-6-17(21)25-14-19(3,13-23-5-2)18(22)24-12-16-9-7-15(11-20)8-10-16/h7-10H,4-6,11-14H2,1-3H3. The van der Waals surface area contributed by atoms with E-state index in [0.717, 1.165) is 11.1 Å². The van der Waals surface area contributed by atoms with Crippen LogP contribution in [0.25, 0.3) is 0 Å². The van der Waals surface area contributed by atoms with Crippen molar-refractivity contribution in [1.82, 2.24) is 0 Å². The van der Waals surface area contributed by atoms with Gasteiger partial charge in [0.1, 0.15) is 18.6 Å². The molecule has 0 saturated carbocycles. The van der Waals surface area contributed by atoms with Crippen LogP contribution < -0.4 is 0 Å². The molecule has 0 aliphatic heterocycles. The van der Waals surface area contributed by atoms with Crippen LogP contribution in [0.2, 0.25) is 0 Å². The number of halogens is 1. The van der Waals surface area contributed by atoms with Crippen LogP contribution in [0, 0.1) is 5.41 Å². The zero-order valence-corrected chi connectivity index (χ0v) is 15.9. The Bertz CT molecular complexity index is 543. The van der Waals surface area contributed by atoms with Crippen molar-refractivity contribution < 1.29 is 23.8 Å². The van der Waals surface area contributed by atoms with E-state index >= 15 is 0 Å². The van der Waals surface area contributed by atoms with Gasteiger partial charge in [0.2, 0.25) is 0 Å². The second-order valence-corrected chi connectivity index (χ2v) is 6.40. The van der Waals surface area contributed by atoms with Gasteiger partial charge in [0.05, 0.1) is 6.61 Å². The summed E-state index contributed by atoms with van der Waals surface area (Å²) in [6.45, 7) is 6.10.